The van der Waals surface area contributed by atoms with Crippen molar-refractivity contribution in [1.29, 1.82) is 0 Å². The van der Waals surface area contributed by atoms with E-state index in [1.807, 2.05) is 0 Å². The van der Waals surface area contributed by atoms with E-state index in [0.29, 0.717) is 17.1 Å². The zero-order valence-electron chi connectivity index (χ0n) is 11.4. The van der Waals surface area contributed by atoms with E-state index < -0.39 is 0 Å². The molecule has 0 spiro atoms. The Morgan fingerprint density at radius 2 is 2.00 bits per heavy atom. The molecule has 0 unspecified atom stereocenters. The molecule has 5 nitrogen and oxygen atoms in total. The maximum absolute atomic E-state index is 12.4. The van der Waals surface area contributed by atoms with Gasteiger partial charge in [0.05, 0.1) is 14.2 Å². The lowest BCUT2D eigenvalue weighted by atomic mass is 10.1. The van der Waals surface area contributed by atoms with Crippen molar-refractivity contribution < 1.29 is 14.3 Å². The summed E-state index contributed by atoms with van der Waals surface area (Å²) in [6, 6.07) is 5.49. The van der Waals surface area contributed by atoms with Gasteiger partial charge in [-0.05, 0) is 31.5 Å². The number of amides is 1. The third kappa shape index (κ3) is 3.17. The summed E-state index contributed by atoms with van der Waals surface area (Å²) in [5.74, 6) is 0.907. The van der Waals surface area contributed by atoms with Gasteiger partial charge in [0, 0.05) is 12.6 Å². The van der Waals surface area contributed by atoms with E-state index in [9.17, 15) is 4.79 Å². The van der Waals surface area contributed by atoms with E-state index in [2.05, 4.69) is 10.6 Å². The molecule has 0 bridgehead atoms. The van der Waals surface area contributed by atoms with Gasteiger partial charge in [0.15, 0.2) is 0 Å². The molecule has 1 heterocycles. The number of hydrogen-bond acceptors (Lipinski definition) is 4. The molecule has 0 radical (unpaired) electrons. The molecule has 0 aromatic heterocycles. The van der Waals surface area contributed by atoms with Gasteiger partial charge < -0.3 is 20.1 Å². The molecule has 5 heteroatoms. The van der Waals surface area contributed by atoms with Crippen LogP contribution < -0.4 is 20.1 Å². The van der Waals surface area contributed by atoms with Gasteiger partial charge in [-0.3, -0.25) is 4.79 Å². The van der Waals surface area contributed by atoms with Crippen LogP contribution in [0.15, 0.2) is 18.2 Å². The number of ether oxygens (including phenoxy) is 2. The Hall–Kier alpha value is -1.75. The van der Waals surface area contributed by atoms with Crippen molar-refractivity contribution in [2.45, 2.75) is 18.9 Å². The van der Waals surface area contributed by atoms with E-state index in [-0.39, 0.29) is 11.9 Å². The molecule has 0 aliphatic carbocycles. The van der Waals surface area contributed by atoms with Gasteiger partial charge >= 0.3 is 0 Å². The normalized spacial score (nSPS) is 18.7. The summed E-state index contributed by atoms with van der Waals surface area (Å²) < 4.78 is 10.5. The minimum Gasteiger partial charge on any atom is -0.496 e. The Morgan fingerprint density at radius 3 is 2.53 bits per heavy atom. The molecule has 104 valence electrons. The van der Waals surface area contributed by atoms with Crippen molar-refractivity contribution in [1.82, 2.24) is 10.6 Å². The molecule has 1 aromatic carbocycles. The van der Waals surface area contributed by atoms with Gasteiger partial charge in [0.2, 0.25) is 0 Å². The summed E-state index contributed by atoms with van der Waals surface area (Å²) in [5, 5.41) is 6.29. The fourth-order valence-electron chi connectivity index (χ4n) is 2.31. The maximum Gasteiger partial charge on any atom is 0.259 e. The third-order valence-electron chi connectivity index (χ3n) is 3.29. The molecule has 2 N–H and O–H groups in total. The van der Waals surface area contributed by atoms with E-state index in [0.717, 1.165) is 25.9 Å². The summed E-state index contributed by atoms with van der Waals surface area (Å²) in [5.41, 5.74) is 0.457. The topological polar surface area (TPSA) is 59.6 Å². The number of carbonyl (C=O) groups excluding carboxylic acids is 1. The largest absolute Gasteiger partial charge is 0.496 e. The second-order valence-electron chi connectivity index (χ2n) is 4.55. The van der Waals surface area contributed by atoms with Crippen LogP contribution in [0.25, 0.3) is 0 Å². The quantitative estimate of drug-likeness (QED) is 0.857. The van der Waals surface area contributed by atoms with Crippen LogP contribution in [0.5, 0.6) is 11.5 Å². The second-order valence-corrected chi connectivity index (χ2v) is 4.55. The standard InChI is InChI=1S/C14H20N2O3/c1-18-11-6-3-7-12(19-2)13(11)14(17)16-10-5-4-8-15-9-10/h3,6-7,10,15H,4-5,8-9H2,1-2H3,(H,16,17)/t10-/m0/s1. The summed E-state index contributed by atoms with van der Waals surface area (Å²) in [7, 11) is 3.10. The van der Waals surface area contributed by atoms with Gasteiger partial charge in [-0.25, -0.2) is 0 Å². The molecule has 1 fully saturated rings. The zero-order valence-corrected chi connectivity index (χ0v) is 11.4. The van der Waals surface area contributed by atoms with Crippen LogP contribution in [-0.2, 0) is 0 Å². The summed E-state index contributed by atoms with van der Waals surface area (Å²) in [6.45, 7) is 1.83. The van der Waals surface area contributed by atoms with E-state index in [1.54, 1.807) is 32.4 Å². The highest BCUT2D eigenvalue weighted by molar-refractivity contribution is 5.99. The van der Waals surface area contributed by atoms with Gasteiger partial charge in [0.25, 0.3) is 5.91 Å². The van der Waals surface area contributed by atoms with Gasteiger partial charge in [-0.2, -0.15) is 0 Å². The maximum atomic E-state index is 12.4. The number of piperidine rings is 1. The average molecular weight is 264 g/mol. The molecular formula is C14H20N2O3. The average Bonchev–Trinajstić information content (AvgIpc) is 2.47. The van der Waals surface area contributed by atoms with E-state index in [4.69, 9.17) is 9.47 Å². The number of methoxy groups -OCH3 is 2. The smallest absolute Gasteiger partial charge is 0.259 e. The summed E-state index contributed by atoms with van der Waals surface area (Å²) in [4.78, 5) is 12.4. The third-order valence-corrected chi connectivity index (χ3v) is 3.29. The highest BCUT2D eigenvalue weighted by Gasteiger charge is 2.22. The number of carbonyl (C=O) groups is 1. The predicted octanol–water partition coefficient (Wildman–Crippen LogP) is 1.19. The van der Waals surface area contributed by atoms with Crippen molar-refractivity contribution >= 4 is 5.91 Å². The minimum atomic E-state index is -0.150. The number of nitrogens with one attached hydrogen (secondary N) is 2. The van der Waals surface area contributed by atoms with Crippen molar-refractivity contribution in [3.8, 4) is 11.5 Å². The summed E-state index contributed by atoms with van der Waals surface area (Å²) >= 11 is 0. The van der Waals surface area contributed by atoms with Crippen LogP contribution in [0.3, 0.4) is 0 Å². The lowest BCUT2D eigenvalue weighted by molar-refractivity contribution is 0.0924. The molecule has 1 aliphatic heterocycles. The molecule has 1 aromatic rings. The van der Waals surface area contributed by atoms with Crippen molar-refractivity contribution in [2.24, 2.45) is 0 Å². The first kappa shape index (κ1) is 13.7. The second kappa shape index (κ2) is 6.43. The Labute approximate surface area is 113 Å². The summed E-state index contributed by atoms with van der Waals surface area (Å²) in [6.07, 6.45) is 2.07. The zero-order chi connectivity index (χ0) is 13.7. The van der Waals surface area contributed by atoms with Crippen LogP contribution in [0, 0.1) is 0 Å². The monoisotopic (exact) mass is 264 g/mol. The highest BCUT2D eigenvalue weighted by Crippen LogP contribution is 2.28. The molecule has 1 atom stereocenters. The SMILES string of the molecule is COc1cccc(OC)c1C(=O)N[C@H]1CCCNC1. The molecule has 1 aliphatic rings. The van der Waals surface area contributed by atoms with Crippen LogP contribution in [-0.4, -0.2) is 39.3 Å². The Balaban J connectivity index is 2.17. The number of hydrogen-bond donors (Lipinski definition) is 2. The molecule has 2 rings (SSSR count). The van der Waals surface area contributed by atoms with Gasteiger partial charge in [0.1, 0.15) is 17.1 Å². The first-order valence-electron chi connectivity index (χ1n) is 6.49. The lowest BCUT2D eigenvalue weighted by Gasteiger charge is -2.24. The lowest BCUT2D eigenvalue weighted by Crippen LogP contribution is -2.45. The molecular weight excluding hydrogens is 244 g/mol. The number of benzene rings is 1. The molecule has 19 heavy (non-hydrogen) atoms. The Bertz CT molecular complexity index is 420. The highest BCUT2D eigenvalue weighted by atomic mass is 16.5. The fourth-order valence-corrected chi connectivity index (χ4v) is 2.31. The first-order chi connectivity index (χ1) is 9.26. The Morgan fingerprint density at radius 1 is 1.32 bits per heavy atom. The van der Waals surface area contributed by atoms with Crippen LogP contribution in [0.4, 0.5) is 0 Å². The molecule has 1 amide bonds. The van der Waals surface area contributed by atoms with Crippen molar-refractivity contribution in [3.63, 3.8) is 0 Å². The first-order valence-corrected chi connectivity index (χ1v) is 6.49. The van der Waals surface area contributed by atoms with Crippen molar-refractivity contribution in [3.05, 3.63) is 23.8 Å². The fraction of sp³-hybridized carbons (Fsp3) is 0.500. The Kier molecular flexibility index (Phi) is 4.63. The van der Waals surface area contributed by atoms with Crippen molar-refractivity contribution in [2.75, 3.05) is 27.3 Å². The molecule has 1 saturated heterocycles. The van der Waals surface area contributed by atoms with Crippen LogP contribution in [0.2, 0.25) is 0 Å². The van der Waals surface area contributed by atoms with Gasteiger partial charge in [-0.15, -0.1) is 0 Å². The minimum absolute atomic E-state index is 0.150. The van der Waals surface area contributed by atoms with Crippen LogP contribution >= 0.6 is 0 Å². The van der Waals surface area contributed by atoms with E-state index in [1.165, 1.54) is 0 Å². The molecule has 0 saturated carbocycles. The van der Waals surface area contributed by atoms with Gasteiger partial charge in [-0.1, -0.05) is 6.07 Å². The number of rotatable bonds is 4. The predicted molar refractivity (Wildman–Crippen MR) is 72.9 cm³/mol. The van der Waals surface area contributed by atoms with Crippen LogP contribution in [0.1, 0.15) is 23.2 Å². The van der Waals surface area contributed by atoms with E-state index >= 15 is 0 Å².